The predicted molar refractivity (Wildman–Crippen MR) is 109 cm³/mol. The number of fused-ring (bicyclic) bond motifs is 1. The normalized spacial score (nSPS) is 15.2. The molecule has 0 radical (unpaired) electrons. The molecule has 4 rings (SSSR count). The molecular formula is C18H23ClN6OS. The zero-order chi connectivity index (χ0) is 19.0. The molecule has 0 unspecified atom stereocenters. The number of imidazole rings is 1. The van der Waals surface area contributed by atoms with Gasteiger partial charge in [0.2, 0.25) is 0 Å². The molecule has 0 spiro atoms. The fourth-order valence-electron chi connectivity index (χ4n) is 3.42. The molecule has 9 heteroatoms. The Morgan fingerprint density at radius 2 is 1.93 bits per heavy atom. The lowest BCUT2D eigenvalue weighted by atomic mass is 10.2. The van der Waals surface area contributed by atoms with Crippen LogP contribution in [-0.4, -0.2) is 50.8 Å². The number of thiazole rings is 1. The number of nitrogens with zero attached hydrogens (tertiary/aromatic N) is 6. The van der Waals surface area contributed by atoms with Gasteiger partial charge < -0.3 is 14.2 Å². The molecule has 0 aliphatic carbocycles. The van der Waals surface area contributed by atoms with Gasteiger partial charge in [0.15, 0.2) is 21.6 Å². The summed E-state index contributed by atoms with van der Waals surface area (Å²) in [5.74, 6) is 0. The van der Waals surface area contributed by atoms with Crippen molar-refractivity contribution in [2.24, 2.45) is 0 Å². The Kier molecular flexibility index (Phi) is 5.29. The molecule has 7 nitrogen and oxygen atoms in total. The van der Waals surface area contributed by atoms with Gasteiger partial charge in [-0.2, -0.15) is 0 Å². The molecule has 0 aromatic carbocycles. The van der Waals surface area contributed by atoms with E-state index < -0.39 is 0 Å². The number of rotatable bonds is 5. The molecule has 1 aliphatic heterocycles. The van der Waals surface area contributed by atoms with Crippen molar-refractivity contribution in [1.29, 1.82) is 0 Å². The van der Waals surface area contributed by atoms with Gasteiger partial charge in [-0.1, -0.05) is 36.8 Å². The second-order valence-corrected chi connectivity index (χ2v) is 7.98. The molecule has 4 heterocycles. The van der Waals surface area contributed by atoms with Crippen LogP contribution in [0, 0.1) is 6.92 Å². The van der Waals surface area contributed by atoms with E-state index in [0.29, 0.717) is 30.1 Å². The van der Waals surface area contributed by atoms with Crippen molar-refractivity contribution in [3.8, 4) is 10.6 Å². The van der Waals surface area contributed by atoms with Crippen LogP contribution in [0.2, 0.25) is 5.15 Å². The van der Waals surface area contributed by atoms with Crippen molar-refractivity contribution in [2.75, 3.05) is 31.2 Å². The highest BCUT2D eigenvalue weighted by atomic mass is 35.5. The number of morpholine rings is 1. The van der Waals surface area contributed by atoms with E-state index in [0.717, 1.165) is 53.0 Å². The third-order valence-electron chi connectivity index (χ3n) is 4.99. The van der Waals surface area contributed by atoms with Crippen LogP contribution < -0.4 is 4.90 Å². The third-order valence-corrected chi connectivity index (χ3v) is 6.50. The average molecular weight is 407 g/mol. The standard InChI is InChI=1S/C18H23ClN6OS/c1-4-12(5-2)25-10-20-16-17(25)21-11(3)13(22-16)14-15(19)23-18(27-14)24-6-8-26-9-7-24/h10,12H,4-9H2,1-3H3. The molecule has 3 aromatic heterocycles. The monoisotopic (exact) mass is 406 g/mol. The van der Waals surface area contributed by atoms with E-state index >= 15 is 0 Å². The lowest BCUT2D eigenvalue weighted by Crippen LogP contribution is -2.36. The van der Waals surface area contributed by atoms with Gasteiger partial charge in [0.05, 0.1) is 30.1 Å². The first-order valence-electron chi connectivity index (χ1n) is 9.32. The summed E-state index contributed by atoms with van der Waals surface area (Å²) in [6.45, 7) is 9.41. The lowest BCUT2D eigenvalue weighted by Gasteiger charge is -2.25. The maximum absolute atomic E-state index is 6.47. The molecule has 1 aliphatic rings. The Labute approximate surface area is 167 Å². The minimum atomic E-state index is 0.384. The highest BCUT2D eigenvalue weighted by Gasteiger charge is 2.22. The first kappa shape index (κ1) is 18.6. The molecule has 0 bridgehead atoms. The largest absolute Gasteiger partial charge is 0.378 e. The quantitative estimate of drug-likeness (QED) is 0.635. The lowest BCUT2D eigenvalue weighted by molar-refractivity contribution is 0.122. The third kappa shape index (κ3) is 3.41. The van der Waals surface area contributed by atoms with Gasteiger partial charge >= 0.3 is 0 Å². The highest BCUT2D eigenvalue weighted by molar-refractivity contribution is 7.19. The number of ether oxygens (including phenoxy) is 1. The molecule has 27 heavy (non-hydrogen) atoms. The van der Waals surface area contributed by atoms with E-state index in [9.17, 15) is 0 Å². The molecular weight excluding hydrogens is 384 g/mol. The number of aromatic nitrogens is 5. The highest BCUT2D eigenvalue weighted by Crippen LogP contribution is 2.38. The van der Waals surface area contributed by atoms with Crippen molar-refractivity contribution in [3.63, 3.8) is 0 Å². The van der Waals surface area contributed by atoms with Gasteiger partial charge in [0.25, 0.3) is 0 Å². The zero-order valence-electron chi connectivity index (χ0n) is 15.8. The Morgan fingerprint density at radius 3 is 2.63 bits per heavy atom. The summed E-state index contributed by atoms with van der Waals surface area (Å²) >= 11 is 8.02. The van der Waals surface area contributed by atoms with Gasteiger partial charge in [0.1, 0.15) is 5.69 Å². The van der Waals surface area contributed by atoms with Crippen LogP contribution in [0.1, 0.15) is 38.4 Å². The van der Waals surface area contributed by atoms with E-state index in [4.69, 9.17) is 26.3 Å². The Balaban J connectivity index is 1.74. The Hall–Kier alpha value is -1.77. The number of aryl methyl sites for hydroxylation is 1. The molecule has 1 fully saturated rings. The van der Waals surface area contributed by atoms with E-state index in [1.54, 1.807) is 11.3 Å². The maximum Gasteiger partial charge on any atom is 0.198 e. The number of anilines is 1. The van der Waals surface area contributed by atoms with Crippen molar-refractivity contribution in [1.82, 2.24) is 24.5 Å². The summed E-state index contributed by atoms with van der Waals surface area (Å²) in [5.41, 5.74) is 3.09. The van der Waals surface area contributed by atoms with Crippen molar-refractivity contribution in [2.45, 2.75) is 39.7 Å². The fraction of sp³-hybridized carbons (Fsp3) is 0.556. The van der Waals surface area contributed by atoms with E-state index in [2.05, 4.69) is 33.3 Å². The van der Waals surface area contributed by atoms with Crippen LogP contribution in [0.4, 0.5) is 5.13 Å². The number of halogens is 1. The van der Waals surface area contributed by atoms with Gasteiger partial charge in [-0.05, 0) is 19.8 Å². The Bertz CT molecular complexity index is 945. The minimum Gasteiger partial charge on any atom is -0.378 e. The number of hydrogen-bond acceptors (Lipinski definition) is 7. The molecule has 144 valence electrons. The molecule has 0 amide bonds. The molecule has 3 aromatic rings. The van der Waals surface area contributed by atoms with Crippen LogP contribution in [0.3, 0.4) is 0 Å². The maximum atomic E-state index is 6.47. The molecule has 0 saturated carbocycles. The fourth-order valence-corrected chi connectivity index (χ4v) is 4.81. The predicted octanol–water partition coefficient (Wildman–Crippen LogP) is 4.11. The molecule has 1 saturated heterocycles. The van der Waals surface area contributed by atoms with E-state index in [1.165, 1.54) is 0 Å². The summed E-state index contributed by atoms with van der Waals surface area (Å²) in [4.78, 5) is 21.7. The summed E-state index contributed by atoms with van der Waals surface area (Å²) in [6.07, 6.45) is 3.92. The van der Waals surface area contributed by atoms with Crippen LogP contribution in [-0.2, 0) is 4.74 Å². The van der Waals surface area contributed by atoms with Crippen LogP contribution in [0.15, 0.2) is 6.33 Å². The van der Waals surface area contributed by atoms with Gasteiger partial charge in [0, 0.05) is 19.1 Å². The molecule has 0 atom stereocenters. The average Bonchev–Trinajstić information content (AvgIpc) is 3.27. The van der Waals surface area contributed by atoms with Crippen molar-refractivity contribution >= 4 is 39.4 Å². The summed E-state index contributed by atoms with van der Waals surface area (Å²) in [5, 5.41) is 1.37. The second-order valence-electron chi connectivity index (χ2n) is 6.64. The summed E-state index contributed by atoms with van der Waals surface area (Å²) < 4.78 is 7.55. The number of hydrogen-bond donors (Lipinski definition) is 0. The Morgan fingerprint density at radius 1 is 1.19 bits per heavy atom. The zero-order valence-corrected chi connectivity index (χ0v) is 17.3. The van der Waals surface area contributed by atoms with Crippen molar-refractivity contribution in [3.05, 3.63) is 17.2 Å². The first-order valence-corrected chi connectivity index (χ1v) is 10.5. The van der Waals surface area contributed by atoms with Crippen LogP contribution >= 0.6 is 22.9 Å². The minimum absolute atomic E-state index is 0.384. The SMILES string of the molecule is CCC(CC)n1cnc2nc(-c3sc(N4CCOCC4)nc3Cl)c(C)nc21. The summed E-state index contributed by atoms with van der Waals surface area (Å²) in [6, 6.07) is 0.384. The van der Waals surface area contributed by atoms with E-state index in [1.807, 2.05) is 13.3 Å². The van der Waals surface area contributed by atoms with Gasteiger partial charge in [-0.15, -0.1) is 0 Å². The van der Waals surface area contributed by atoms with Crippen molar-refractivity contribution < 1.29 is 4.74 Å². The summed E-state index contributed by atoms with van der Waals surface area (Å²) in [7, 11) is 0. The van der Waals surface area contributed by atoms with Gasteiger partial charge in [-0.3, -0.25) is 0 Å². The van der Waals surface area contributed by atoms with Gasteiger partial charge in [-0.25, -0.2) is 19.9 Å². The first-order chi connectivity index (χ1) is 13.1. The van der Waals surface area contributed by atoms with Crippen LogP contribution in [0.25, 0.3) is 21.9 Å². The second kappa shape index (κ2) is 7.69. The van der Waals surface area contributed by atoms with Crippen LogP contribution in [0.5, 0.6) is 0 Å². The smallest absolute Gasteiger partial charge is 0.198 e. The van der Waals surface area contributed by atoms with E-state index in [-0.39, 0.29) is 0 Å². The topological polar surface area (TPSA) is 69.0 Å². The molecule has 0 N–H and O–H groups in total.